The smallest absolute Gasteiger partial charge is 0.138 e. The first-order valence-electron chi connectivity index (χ1n) is 9.33. The van der Waals surface area contributed by atoms with Crippen molar-refractivity contribution >= 4 is 0 Å². The Bertz CT molecular complexity index is 891. The highest BCUT2D eigenvalue weighted by molar-refractivity contribution is 5.48. The maximum Gasteiger partial charge on any atom is 0.138 e. The van der Waals surface area contributed by atoms with Gasteiger partial charge in [-0.3, -0.25) is 0 Å². The number of hydrogen-bond donors (Lipinski definition) is 1. The molecule has 1 N–H and O–H groups in total. The van der Waals surface area contributed by atoms with Crippen molar-refractivity contribution in [1.29, 1.82) is 0 Å². The van der Waals surface area contributed by atoms with Crippen molar-refractivity contribution in [3.05, 3.63) is 65.7 Å². The molecule has 1 aromatic heterocycles. The Morgan fingerprint density at radius 1 is 1.22 bits per heavy atom. The van der Waals surface area contributed by atoms with Gasteiger partial charge in [-0.1, -0.05) is 12.1 Å². The van der Waals surface area contributed by atoms with Crippen LogP contribution in [0.15, 0.2) is 49.1 Å². The molecule has 27 heavy (non-hydrogen) atoms. The quantitative estimate of drug-likeness (QED) is 0.697. The fourth-order valence-corrected chi connectivity index (χ4v) is 3.36. The topological polar surface area (TPSA) is 61.2 Å². The number of aromatic nitrogens is 3. The molecule has 0 spiro atoms. The Labute approximate surface area is 159 Å². The highest BCUT2D eigenvalue weighted by atomic mass is 16.5. The molecule has 0 aliphatic carbocycles. The van der Waals surface area contributed by atoms with Crippen LogP contribution in [-0.2, 0) is 19.5 Å². The molecule has 3 aromatic rings. The highest BCUT2D eigenvalue weighted by Crippen LogP contribution is 2.35. The predicted octanol–water partition coefficient (Wildman–Crippen LogP) is 3.28. The van der Waals surface area contributed by atoms with Gasteiger partial charge in [0, 0.05) is 30.6 Å². The molecule has 140 valence electrons. The van der Waals surface area contributed by atoms with Crippen LogP contribution >= 0.6 is 0 Å². The largest absolute Gasteiger partial charge is 0.494 e. The summed E-state index contributed by atoms with van der Waals surface area (Å²) in [7, 11) is 0. The molecule has 0 saturated carbocycles. The van der Waals surface area contributed by atoms with Crippen LogP contribution in [0.25, 0.3) is 5.69 Å². The standard InChI is InChI=1S/C21H24N4O2/c1-3-26-20-9-17-8-15(2)27-21(17)10-18(20)12-22-11-16-4-6-19(7-5-16)25-14-23-13-24-25/h4-7,9-10,13-15,22H,3,8,11-12H2,1-2H3. The number of fused-ring (bicyclic) bond motifs is 1. The number of nitrogens with zero attached hydrogens (tertiary/aromatic N) is 3. The summed E-state index contributed by atoms with van der Waals surface area (Å²) in [6, 6.07) is 12.5. The summed E-state index contributed by atoms with van der Waals surface area (Å²) >= 11 is 0. The second-order valence-corrected chi connectivity index (χ2v) is 6.74. The number of nitrogens with one attached hydrogen (secondary N) is 1. The molecule has 0 amide bonds. The van der Waals surface area contributed by atoms with Gasteiger partial charge in [0.2, 0.25) is 0 Å². The maximum atomic E-state index is 5.90. The molecular formula is C21H24N4O2. The molecule has 6 heteroatoms. The lowest BCUT2D eigenvalue weighted by atomic mass is 10.1. The summed E-state index contributed by atoms with van der Waals surface area (Å²) in [5, 5.41) is 7.65. The van der Waals surface area contributed by atoms with Gasteiger partial charge < -0.3 is 14.8 Å². The van der Waals surface area contributed by atoms with E-state index in [1.807, 2.05) is 19.1 Å². The zero-order valence-electron chi connectivity index (χ0n) is 15.7. The summed E-state index contributed by atoms with van der Waals surface area (Å²) < 4.78 is 13.5. The summed E-state index contributed by atoms with van der Waals surface area (Å²) in [6.45, 7) is 6.27. The molecule has 1 unspecified atom stereocenters. The van der Waals surface area contributed by atoms with Crippen LogP contribution in [0.1, 0.15) is 30.5 Å². The second-order valence-electron chi connectivity index (χ2n) is 6.74. The van der Waals surface area contributed by atoms with E-state index < -0.39 is 0 Å². The Balaban J connectivity index is 1.41. The molecule has 0 fully saturated rings. The third-order valence-corrected chi connectivity index (χ3v) is 4.64. The van der Waals surface area contributed by atoms with E-state index in [9.17, 15) is 0 Å². The van der Waals surface area contributed by atoms with Crippen LogP contribution in [0.3, 0.4) is 0 Å². The summed E-state index contributed by atoms with van der Waals surface area (Å²) in [5.74, 6) is 1.93. The van der Waals surface area contributed by atoms with E-state index in [1.165, 1.54) is 17.5 Å². The first-order chi connectivity index (χ1) is 13.2. The van der Waals surface area contributed by atoms with Crippen molar-refractivity contribution in [2.24, 2.45) is 0 Å². The lowest BCUT2D eigenvalue weighted by Gasteiger charge is -2.13. The Hall–Kier alpha value is -2.86. The normalized spacial score (nSPS) is 15.4. The van der Waals surface area contributed by atoms with Crippen LogP contribution < -0.4 is 14.8 Å². The van der Waals surface area contributed by atoms with Crippen molar-refractivity contribution in [2.45, 2.75) is 39.5 Å². The first kappa shape index (κ1) is 17.5. The van der Waals surface area contributed by atoms with E-state index in [-0.39, 0.29) is 6.10 Å². The Morgan fingerprint density at radius 3 is 2.81 bits per heavy atom. The van der Waals surface area contributed by atoms with E-state index in [4.69, 9.17) is 9.47 Å². The third-order valence-electron chi connectivity index (χ3n) is 4.64. The van der Waals surface area contributed by atoms with Crippen molar-refractivity contribution in [3.8, 4) is 17.2 Å². The van der Waals surface area contributed by atoms with Gasteiger partial charge in [-0.2, -0.15) is 5.10 Å². The molecule has 2 heterocycles. The average molecular weight is 364 g/mol. The lowest BCUT2D eigenvalue weighted by molar-refractivity contribution is 0.254. The van der Waals surface area contributed by atoms with Gasteiger partial charge in [-0.05, 0) is 43.7 Å². The molecular weight excluding hydrogens is 340 g/mol. The van der Waals surface area contributed by atoms with Crippen LogP contribution in [0.5, 0.6) is 11.5 Å². The van der Waals surface area contributed by atoms with Gasteiger partial charge in [0.1, 0.15) is 30.3 Å². The summed E-state index contributed by atoms with van der Waals surface area (Å²) in [5.41, 5.74) is 4.57. The molecule has 1 aliphatic rings. The minimum Gasteiger partial charge on any atom is -0.494 e. The van der Waals surface area contributed by atoms with E-state index in [0.29, 0.717) is 6.61 Å². The van der Waals surface area contributed by atoms with Gasteiger partial charge in [0.25, 0.3) is 0 Å². The van der Waals surface area contributed by atoms with E-state index >= 15 is 0 Å². The molecule has 0 saturated heterocycles. The monoisotopic (exact) mass is 364 g/mol. The van der Waals surface area contributed by atoms with Crippen LogP contribution in [-0.4, -0.2) is 27.5 Å². The van der Waals surface area contributed by atoms with Gasteiger partial charge in [-0.15, -0.1) is 0 Å². The van der Waals surface area contributed by atoms with Crippen molar-refractivity contribution in [1.82, 2.24) is 20.1 Å². The van der Waals surface area contributed by atoms with Crippen molar-refractivity contribution in [2.75, 3.05) is 6.61 Å². The molecule has 1 aliphatic heterocycles. The fraction of sp³-hybridized carbons (Fsp3) is 0.333. The van der Waals surface area contributed by atoms with Crippen LogP contribution in [0.2, 0.25) is 0 Å². The second kappa shape index (κ2) is 7.80. The van der Waals surface area contributed by atoms with Gasteiger partial charge in [0.05, 0.1) is 12.3 Å². The molecule has 2 aromatic carbocycles. The van der Waals surface area contributed by atoms with Gasteiger partial charge >= 0.3 is 0 Å². The average Bonchev–Trinajstić information content (AvgIpc) is 3.31. The van der Waals surface area contributed by atoms with Gasteiger partial charge in [0.15, 0.2) is 0 Å². The number of hydrogen-bond acceptors (Lipinski definition) is 5. The zero-order valence-corrected chi connectivity index (χ0v) is 15.7. The van der Waals surface area contributed by atoms with Crippen LogP contribution in [0.4, 0.5) is 0 Å². The SMILES string of the molecule is CCOc1cc2c(cc1CNCc1ccc(-n3cncn3)cc1)OC(C)C2. The fourth-order valence-electron chi connectivity index (χ4n) is 3.36. The Kier molecular flexibility index (Phi) is 5.07. The van der Waals surface area contributed by atoms with Crippen molar-refractivity contribution in [3.63, 3.8) is 0 Å². The molecule has 4 rings (SSSR count). The minimum atomic E-state index is 0.237. The molecule has 0 bridgehead atoms. The lowest BCUT2D eigenvalue weighted by Crippen LogP contribution is -2.14. The van der Waals surface area contributed by atoms with Crippen LogP contribution in [0, 0.1) is 0 Å². The number of ether oxygens (including phenoxy) is 2. The van der Waals surface area contributed by atoms with Crippen molar-refractivity contribution < 1.29 is 9.47 Å². The number of benzene rings is 2. The van der Waals surface area contributed by atoms with E-state index in [2.05, 4.69) is 46.6 Å². The first-order valence-corrected chi connectivity index (χ1v) is 9.33. The highest BCUT2D eigenvalue weighted by Gasteiger charge is 2.21. The van der Waals surface area contributed by atoms with E-state index in [1.54, 1.807) is 11.0 Å². The minimum absolute atomic E-state index is 0.237. The zero-order chi connectivity index (χ0) is 18.6. The summed E-state index contributed by atoms with van der Waals surface area (Å²) in [6.07, 6.45) is 4.41. The van der Waals surface area contributed by atoms with Gasteiger partial charge in [-0.25, -0.2) is 9.67 Å². The molecule has 6 nitrogen and oxygen atoms in total. The predicted molar refractivity (Wildman–Crippen MR) is 103 cm³/mol. The maximum absolute atomic E-state index is 5.90. The third kappa shape index (κ3) is 3.95. The summed E-state index contributed by atoms with van der Waals surface area (Å²) in [4.78, 5) is 3.97. The Morgan fingerprint density at radius 2 is 2.07 bits per heavy atom. The van der Waals surface area contributed by atoms with E-state index in [0.717, 1.165) is 42.3 Å². The molecule has 1 atom stereocenters. The number of rotatable bonds is 7. The molecule has 0 radical (unpaired) electrons.